The summed E-state index contributed by atoms with van der Waals surface area (Å²) in [6.45, 7) is 1.00. The number of rotatable bonds is 9. The quantitative estimate of drug-likeness (QED) is 0.428. The standard InChI is InChI=1S/C24H24Cl2F2N2O5/c1-30(2)10-18(22(31)13-3-5-20(17(26)8-13)34-16-11-33-12-16)29-23(32)24(27,28)21-9-14-7-15(25)4-6-19(14)35-21/h3-9,16,18,22,31H,10-12H2,1-2H3,(H,29,32)/t18-,22-/m1/s1. The van der Waals surface area contributed by atoms with Gasteiger partial charge in [-0.1, -0.05) is 29.3 Å². The van der Waals surface area contributed by atoms with Crippen molar-refractivity contribution in [3.63, 3.8) is 0 Å². The summed E-state index contributed by atoms with van der Waals surface area (Å²) in [4.78, 5) is 14.3. The maximum atomic E-state index is 15.0. The van der Waals surface area contributed by atoms with Gasteiger partial charge in [-0.15, -0.1) is 0 Å². The van der Waals surface area contributed by atoms with Gasteiger partial charge in [-0.2, -0.15) is 8.78 Å². The number of fused-ring (bicyclic) bond motifs is 1. The molecule has 1 aliphatic rings. The zero-order valence-corrected chi connectivity index (χ0v) is 20.4. The monoisotopic (exact) mass is 528 g/mol. The molecule has 0 saturated carbocycles. The molecule has 11 heteroatoms. The van der Waals surface area contributed by atoms with Crippen LogP contribution in [0.15, 0.2) is 46.9 Å². The smallest absolute Gasteiger partial charge is 0.380 e. The minimum Gasteiger partial charge on any atom is -0.484 e. The van der Waals surface area contributed by atoms with E-state index in [9.17, 15) is 9.90 Å². The highest BCUT2D eigenvalue weighted by molar-refractivity contribution is 6.32. The number of aliphatic hydroxyl groups is 1. The number of alkyl halides is 2. The molecule has 188 valence electrons. The number of nitrogens with one attached hydrogen (secondary N) is 1. The Hall–Kier alpha value is -2.43. The third-order valence-corrected chi connectivity index (χ3v) is 6.06. The number of halogens is 4. The molecule has 3 aromatic rings. The number of carbonyl (C=O) groups is 1. The first kappa shape index (κ1) is 25.7. The van der Waals surface area contributed by atoms with Crippen LogP contribution in [0, 0.1) is 0 Å². The number of aliphatic hydroxyl groups excluding tert-OH is 1. The average Bonchev–Trinajstić information content (AvgIpc) is 3.19. The van der Waals surface area contributed by atoms with Crippen molar-refractivity contribution in [2.75, 3.05) is 33.9 Å². The minimum absolute atomic E-state index is 0.0774. The van der Waals surface area contributed by atoms with Gasteiger partial charge in [0.1, 0.15) is 23.5 Å². The summed E-state index contributed by atoms with van der Waals surface area (Å²) in [7, 11) is 3.38. The van der Waals surface area contributed by atoms with E-state index in [0.717, 1.165) is 6.07 Å². The van der Waals surface area contributed by atoms with Crippen LogP contribution in [0.2, 0.25) is 10.0 Å². The molecule has 0 radical (unpaired) electrons. The maximum absolute atomic E-state index is 15.0. The SMILES string of the molecule is CN(C)C[C@@H](NC(=O)C(F)(F)c1cc2cc(Cl)ccc2o1)[C@H](O)c1ccc(OC2COC2)c(Cl)c1. The summed E-state index contributed by atoms with van der Waals surface area (Å²) in [5.41, 5.74) is 0.508. The minimum atomic E-state index is -3.99. The molecular formula is C24H24Cl2F2N2O5. The predicted octanol–water partition coefficient (Wildman–Crippen LogP) is 4.39. The van der Waals surface area contributed by atoms with Crippen molar-refractivity contribution < 1.29 is 32.6 Å². The van der Waals surface area contributed by atoms with E-state index in [1.54, 1.807) is 31.1 Å². The Bertz CT molecular complexity index is 1220. The highest BCUT2D eigenvalue weighted by atomic mass is 35.5. The van der Waals surface area contributed by atoms with Crippen LogP contribution in [0.5, 0.6) is 5.75 Å². The van der Waals surface area contributed by atoms with Gasteiger partial charge in [0.05, 0.1) is 24.3 Å². The number of hydrogen-bond acceptors (Lipinski definition) is 6. The second kappa shape index (κ2) is 10.3. The maximum Gasteiger partial charge on any atom is 0.380 e. The summed E-state index contributed by atoms with van der Waals surface area (Å²) in [6.07, 6.45) is -1.43. The molecule has 2 heterocycles. The second-order valence-corrected chi connectivity index (χ2v) is 9.47. The van der Waals surface area contributed by atoms with E-state index >= 15 is 8.78 Å². The number of ether oxygens (including phenoxy) is 2. The third kappa shape index (κ3) is 5.70. The molecular weight excluding hydrogens is 505 g/mol. The largest absolute Gasteiger partial charge is 0.484 e. The first-order chi connectivity index (χ1) is 16.5. The molecule has 2 N–H and O–H groups in total. The summed E-state index contributed by atoms with van der Waals surface area (Å²) in [6, 6.07) is 9.05. The van der Waals surface area contributed by atoms with E-state index in [1.165, 1.54) is 24.3 Å². The molecule has 7 nitrogen and oxygen atoms in total. The van der Waals surface area contributed by atoms with Crippen LogP contribution in [0.25, 0.3) is 11.0 Å². The van der Waals surface area contributed by atoms with E-state index in [4.69, 9.17) is 37.1 Å². The van der Waals surface area contributed by atoms with Crippen molar-refractivity contribution in [2.45, 2.75) is 24.2 Å². The molecule has 0 unspecified atom stereocenters. The Kier molecular flexibility index (Phi) is 7.54. The second-order valence-electron chi connectivity index (χ2n) is 8.62. The van der Waals surface area contributed by atoms with Gasteiger partial charge in [0.25, 0.3) is 5.91 Å². The first-order valence-electron chi connectivity index (χ1n) is 10.8. The Morgan fingerprint density at radius 2 is 1.97 bits per heavy atom. The van der Waals surface area contributed by atoms with Crippen LogP contribution in [0.1, 0.15) is 17.4 Å². The lowest BCUT2D eigenvalue weighted by molar-refractivity contribution is -0.151. The molecule has 35 heavy (non-hydrogen) atoms. The number of amides is 1. The van der Waals surface area contributed by atoms with Crippen molar-refractivity contribution in [3.05, 3.63) is 63.8 Å². The third-order valence-electron chi connectivity index (χ3n) is 5.53. The summed E-state index contributed by atoms with van der Waals surface area (Å²) in [5.74, 6) is -6.00. The molecule has 0 spiro atoms. The average molecular weight is 529 g/mol. The van der Waals surface area contributed by atoms with Crippen molar-refractivity contribution in [2.24, 2.45) is 0 Å². The van der Waals surface area contributed by atoms with Crippen LogP contribution in [-0.4, -0.2) is 61.9 Å². The number of nitrogens with zero attached hydrogens (tertiary/aromatic N) is 1. The molecule has 4 rings (SSSR count). The molecule has 1 saturated heterocycles. The van der Waals surface area contributed by atoms with E-state index in [0.29, 0.717) is 34.9 Å². The Morgan fingerprint density at radius 1 is 1.23 bits per heavy atom. The lowest BCUT2D eigenvalue weighted by Crippen LogP contribution is -2.50. The van der Waals surface area contributed by atoms with Gasteiger partial charge in [-0.05, 0) is 56.1 Å². The fourth-order valence-corrected chi connectivity index (χ4v) is 4.06. The molecule has 2 atom stereocenters. The van der Waals surface area contributed by atoms with Crippen LogP contribution in [0.4, 0.5) is 8.78 Å². The zero-order chi connectivity index (χ0) is 25.3. The summed E-state index contributed by atoms with van der Waals surface area (Å²) < 4.78 is 46.1. The highest BCUT2D eigenvalue weighted by Gasteiger charge is 2.46. The lowest BCUT2D eigenvalue weighted by Gasteiger charge is -2.29. The number of hydrogen-bond donors (Lipinski definition) is 2. The normalized spacial score (nSPS) is 16.2. The van der Waals surface area contributed by atoms with E-state index in [2.05, 4.69) is 5.32 Å². The Balaban J connectivity index is 1.53. The molecule has 1 fully saturated rings. The van der Waals surface area contributed by atoms with Crippen molar-refractivity contribution in [1.82, 2.24) is 10.2 Å². The van der Waals surface area contributed by atoms with E-state index in [1.807, 2.05) is 0 Å². The van der Waals surface area contributed by atoms with Gasteiger partial charge in [0.2, 0.25) is 0 Å². The fraction of sp³-hybridized carbons (Fsp3) is 0.375. The van der Waals surface area contributed by atoms with Gasteiger partial charge >= 0.3 is 5.92 Å². The van der Waals surface area contributed by atoms with Gasteiger partial charge < -0.3 is 29.2 Å². The van der Waals surface area contributed by atoms with Crippen LogP contribution in [0.3, 0.4) is 0 Å². The van der Waals surface area contributed by atoms with Crippen LogP contribution < -0.4 is 10.1 Å². The predicted molar refractivity (Wildman–Crippen MR) is 127 cm³/mol. The molecule has 1 aliphatic heterocycles. The van der Waals surface area contributed by atoms with E-state index in [-0.39, 0.29) is 23.3 Å². The molecule has 1 amide bonds. The fourth-order valence-electron chi connectivity index (χ4n) is 3.65. The molecule has 0 bridgehead atoms. The van der Waals surface area contributed by atoms with Crippen LogP contribution in [-0.2, 0) is 15.5 Å². The Morgan fingerprint density at radius 3 is 2.60 bits per heavy atom. The highest BCUT2D eigenvalue weighted by Crippen LogP contribution is 2.35. The van der Waals surface area contributed by atoms with Crippen LogP contribution >= 0.6 is 23.2 Å². The van der Waals surface area contributed by atoms with Gasteiger partial charge in [-0.3, -0.25) is 4.79 Å². The lowest BCUT2D eigenvalue weighted by atomic mass is 10.0. The van der Waals surface area contributed by atoms with Gasteiger partial charge in [0, 0.05) is 17.0 Å². The number of likely N-dealkylation sites (N-methyl/N-ethyl adjacent to an activating group) is 1. The number of benzene rings is 2. The van der Waals surface area contributed by atoms with Crippen molar-refractivity contribution in [3.8, 4) is 5.75 Å². The van der Waals surface area contributed by atoms with Crippen molar-refractivity contribution >= 4 is 40.1 Å². The molecule has 2 aromatic carbocycles. The summed E-state index contributed by atoms with van der Waals surface area (Å²) in [5, 5.41) is 14.2. The molecule has 0 aliphatic carbocycles. The topological polar surface area (TPSA) is 84.2 Å². The molecule has 1 aromatic heterocycles. The first-order valence-corrected chi connectivity index (χ1v) is 11.5. The van der Waals surface area contributed by atoms with Gasteiger partial charge in [0.15, 0.2) is 5.76 Å². The number of carbonyl (C=O) groups excluding carboxylic acids is 1. The Labute approximate surface area is 210 Å². The van der Waals surface area contributed by atoms with E-state index < -0.39 is 29.7 Å². The van der Waals surface area contributed by atoms with Gasteiger partial charge in [-0.25, -0.2) is 0 Å². The zero-order valence-electron chi connectivity index (χ0n) is 18.9. The number of furan rings is 1. The summed E-state index contributed by atoms with van der Waals surface area (Å²) >= 11 is 12.2. The van der Waals surface area contributed by atoms with Crippen molar-refractivity contribution in [1.29, 1.82) is 0 Å².